The number of nitrogens with one attached hydrogen (secondary N) is 1. The van der Waals surface area contributed by atoms with E-state index in [0.29, 0.717) is 19.1 Å². The maximum atomic E-state index is 9.65. The molecule has 0 bridgehead atoms. The summed E-state index contributed by atoms with van der Waals surface area (Å²) in [5.41, 5.74) is 2.44. The van der Waals surface area contributed by atoms with Crippen LogP contribution in [-0.4, -0.2) is 32.0 Å². The Morgan fingerprint density at radius 2 is 1.89 bits per heavy atom. The lowest BCUT2D eigenvalue weighted by Crippen LogP contribution is -2.53. The minimum Gasteiger partial charge on any atom is -0.396 e. The minimum absolute atomic E-state index is 0.152. The molecule has 1 unspecified atom stereocenters. The SMILES string of the molecule is CNC(c1ccc(CC(C)C)cc1)C1(CO)COC1. The number of aliphatic hydroxyl groups excluding tert-OH is 1. The van der Waals surface area contributed by atoms with Crippen molar-refractivity contribution in [2.24, 2.45) is 11.3 Å². The van der Waals surface area contributed by atoms with Crippen molar-refractivity contribution in [3.05, 3.63) is 35.4 Å². The quantitative estimate of drug-likeness (QED) is 0.826. The van der Waals surface area contributed by atoms with E-state index in [9.17, 15) is 5.11 Å². The second kappa shape index (κ2) is 6.04. The Bertz CT molecular complexity index is 390. The van der Waals surface area contributed by atoms with Crippen molar-refractivity contribution in [1.82, 2.24) is 5.32 Å². The fraction of sp³-hybridized carbons (Fsp3) is 0.625. The van der Waals surface area contributed by atoms with E-state index in [0.717, 1.165) is 6.42 Å². The highest BCUT2D eigenvalue weighted by Crippen LogP contribution is 2.40. The van der Waals surface area contributed by atoms with Crippen LogP contribution in [0.25, 0.3) is 0 Å². The number of benzene rings is 1. The van der Waals surface area contributed by atoms with Crippen LogP contribution in [0.3, 0.4) is 0 Å². The van der Waals surface area contributed by atoms with Crippen molar-refractivity contribution in [3.63, 3.8) is 0 Å². The molecule has 19 heavy (non-hydrogen) atoms. The van der Waals surface area contributed by atoms with Crippen LogP contribution < -0.4 is 5.32 Å². The summed E-state index contributed by atoms with van der Waals surface area (Å²) >= 11 is 0. The molecule has 0 radical (unpaired) electrons. The molecule has 1 atom stereocenters. The summed E-state index contributed by atoms with van der Waals surface area (Å²) in [7, 11) is 1.95. The summed E-state index contributed by atoms with van der Waals surface area (Å²) in [6.45, 7) is 5.88. The molecule has 1 fully saturated rings. The van der Waals surface area contributed by atoms with Crippen molar-refractivity contribution in [3.8, 4) is 0 Å². The first-order chi connectivity index (χ1) is 9.11. The van der Waals surface area contributed by atoms with Gasteiger partial charge in [-0.15, -0.1) is 0 Å². The normalized spacial score (nSPS) is 19.2. The molecule has 1 aliphatic heterocycles. The number of rotatable bonds is 6. The van der Waals surface area contributed by atoms with Gasteiger partial charge in [0, 0.05) is 6.04 Å². The van der Waals surface area contributed by atoms with E-state index < -0.39 is 0 Å². The average Bonchev–Trinajstić information content (AvgIpc) is 2.34. The molecule has 2 N–H and O–H groups in total. The first-order valence-corrected chi connectivity index (χ1v) is 7.06. The Labute approximate surface area is 116 Å². The van der Waals surface area contributed by atoms with Crippen LogP contribution in [0.2, 0.25) is 0 Å². The molecule has 1 heterocycles. The van der Waals surface area contributed by atoms with E-state index in [4.69, 9.17) is 4.74 Å². The maximum Gasteiger partial charge on any atom is 0.0596 e. The van der Waals surface area contributed by atoms with Gasteiger partial charge < -0.3 is 15.2 Å². The molecule has 1 aliphatic rings. The lowest BCUT2D eigenvalue weighted by molar-refractivity contribution is -0.155. The highest BCUT2D eigenvalue weighted by atomic mass is 16.5. The molecule has 3 nitrogen and oxygen atoms in total. The van der Waals surface area contributed by atoms with E-state index >= 15 is 0 Å². The molecule has 1 aromatic rings. The first-order valence-electron chi connectivity index (χ1n) is 7.06. The lowest BCUT2D eigenvalue weighted by atomic mass is 9.75. The highest BCUT2D eigenvalue weighted by Gasteiger charge is 2.45. The van der Waals surface area contributed by atoms with Crippen molar-refractivity contribution < 1.29 is 9.84 Å². The zero-order valence-electron chi connectivity index (χ0n) is 12.1. The Morgan fingerprint density at radius 3 is 2.26 bits per heavy atom. The third-order valence-electron chi connectivity index (χ3n) is 3.95. The molecule has 3 heteroatoms. The van der Waals surface area contributed by atoms with Crippen molar-refractivity contribution in [2.45, 2.75) is 26.3 Å². The van der Waals surface area contributed by atoms with Gasteiger partial charge in [-0.05, 0) is 30.5 Å². The molecule has 1 aromatic carbocycles. The molecule has 1 saturated heterocycles. The van der Waals surface area contributed by atoms with E-state index in [2.05, 4.69) is 43.4 Å². The number of aliphatic hydroxyl groups is 1. The van der Waals surface area contributed by atoms with Crippen LogP contribution >= 0.6 is 0 Å². The topological polar surface area (TPSA) is 41.5 Å². The number of ether oxygens (including phenoxy) is 1. The van der Waals surface area contributed by atoms with E-state index in [1.165, 1.54) is 11.1 Å². The third-order valence-corrected chi connectivity index (χ3v) is 3.95. The second-order valence-corrected chi connectivity index (χ2v) is 6.07. The van der Waals surface area contributed by atoms with Crippen LogP contribution in [0.5, 0.6) is 0 Å². The fourth-order valence-corrected chi connectivity index (χ4v) is 2.86. The van der Waals surface area contributed by atoms with Crippen LogP contribution in [-0.2, 0) is 11.2 Å². The second-order valence-electron chi connectivity index (χ2n) is 6.07. The van der Waals surface area contributed by atoms with Gasteiger partial charge in [-0.25, -0.2) is 0 Å². The van der Waals surface area contributed by atoms with Crippen molar-refractivity contribution >= 4 is 0 Å². The molecule has 106 valence electrons. The highest BCUT2D eigenvalue weighted by molar-refractivity contribution is 5.27. The van der Waals surface area contributed by atoms with Crippen molar-refractivity contribution in [2.75, 3.05) is 26.9 Å². The summed E-state index contributed by atoms with van der Waals surface area (Å²) in [6, 6.07) is 8.90. The van der Waals surface area contributed by atoms with Gasteiger partial charge in [0.25, 0.3) is 0 Å². The largest absolute Gasteiger partial charge is 0.396 e. The van der Waals surface area contributed by atoms with Gasteiger partial charge >= 0.3 is 0 Å². The molecular weight excluding hydrogens is 238 g/mol. The van der Waals surface area contributed by atoms with Gasteiger partial charge in [0.05, 0.1) is 25.2 Å². The van der Waals surface area contributed by atoms with Gasteiger partial charge in [0.15, 0.2) is 0 Å². The third kappa shape index (κ3) is 2.99. The van der Waals surface area contributed by atoms with Gasteiger partial charge in [0.2, 0.25) is 0 Å². The zero-order valence-corrected chi connectivity index (χ0v) is 12.1. The molecule has 0 saturated carbocycles. The predicted octanol–water partition coefficient (Wildman–Crippen LogP) is 2.15. The smallest absolute Gasteiger partial charge is 0.0596 e. The summed E-state index contributed by atoms with van der Waals surface area (Å²) in [5, 5.41) is 13.0. The average molecular weight is 263 g/mol. The van der Waals surface area contributed by atoms with E-state index in [1.807, 2.05) is 7.05 Å². The van der Waals surface area contributed by atoms with Crippen LogP contribution in [0.15, 0.2) is 24.3 Å². The molecule has 0 aromatic heterocycles. The molecule has 0 aliphatic carbocycles. The Balaban J connectivity index is 2.15. The van der Waals surface area contributed by atoms with Crippen LogP contribution in [0.1, 0.15) is 31.0 Å². The predicted molar refractivity (Wildman–Crippen MR) is 77.1 cm³/mol. The first kappa shape index (κ1) is 14.5. The Kier molecular flexibility index (Phi) is 4.61. The van der Waals surface area contributed by atoms with Gasteiger partial charge in [0.1, 0.15) is 0 Å². The van der Waals surface area contributed by atoms with Crippen molar-refractivity contribution in [1.29, 1.82) is 0 Å². The van der Waals surface area contributed by atoms with Gasteiger partial charge in [-0.1, -0.05) is 38.1 Å². The summed E-state index contributed by atoms with van der Waals surface area (Å²) in [4.78, 5) is 0. The van der Waals surface area contributed by atoms with Gasteiger partial charge in [-0.3, -0.25) is 0 Å². The molecule has 0 spiro atoms. The summed E-state index contributed by atoms with van der Waals surface area (Å²) < 4.78 is 5.31. The minimum atomic E-state index is -0.158. The van der Waals surface area contributed by atoms with Gasteiger partial charge in [-0.2, -0.15) is 0 Å². The lowest BCUT2D eigenvalue weighted by Gasteiger charge is -2.46. The monoisotopic (exact) mass is 263 g/mol. The van der Waals surface area contributed by atoms with E-state index in [-0.39, 0.29) is 18.1 Å². The fourth-order valence-electron chi connectivity index (χ4n) is 2.86. The zero-order chi connectivity index (χ0) is 13.9. The molecule has 0 amide bonds. The summed E-state index contributed by atoms with van der Waals surface area (Å²) in [6.07, 6.45) is 1.11. The maximum absolute atomic E-state index is 9.65. The Morgan fingerprint density at radius 1 is 1.26 bits per heavy atom. The van der Waals surface area contributed by atoms with Crippen LogP contribution in [0.4, 0.5) is 0 Å². The molecule has 2 rings (SSSR count). The number of hydrogen-bond donors (Lipinski definition) is 2. The Hall–Kier alpha value is -0.900. The standard InChI is InChI=1S/C16H25NO2/c1-12(2)8-13-4-6-14(7-5-13)15(17-3)16(9-18)10-19-11-16/h4-7,12,15,17-18H,8-11H2,1-3H3. The molecular formula is C16H25NO2. The van der Waals surface area contributed by atoms with E-state index in [1.54, 1.807) is 0 Å². The number of hydrogen-bond acceptors (Lipinski definition) is 3. The summed E-state index contributed by atoms with van der Waals surface area (Å²) in [5.74, 6) is 0.676. The van der Waals surface area contributed by atoms with Crippen LogP contribution in [0, 0.1) is 11.3 Å².